The van der Waals surface area contributed by atoms with Gasteiger partial charge in [-0.05, 0) is 37.1 Å². The summed E-state index contributed by atoms with van der Waals surface area (Å²) in [5.74, 6) is 1.59. The van der Waals surface area contributed by atoms with Gasteiger partial charge in [0, 0.05) is 48.7 Å². The second kappa shape index (κ2) is 9.88. The summed E-state index contributed by atoms with van der Waals surface area (Å²) in [6.45, 7) is 4.02. The molecular weight excluding hydrogens is 450 g/mol. The van der Waals surface area contributed by atoms with E-state index >= 15 is 0 Å². The highest BCUT2D eigenvalue weighted by atomic mass is 16.5. The third-order valence-corrected chi connectivity index (χ3v) is 5.83. The van der Waals surface area contributed by atoms with Crippen molar-refractivity contribution >= 4 is 17.2 Å². The molecule has 0 bridgehead atoms. The Kier molecular flexibility index (Phi) is 6.72. The molecule has 182 valence electrons. The predicted octanol–water partition coefficient (Wildman–Crippen LogP) is 3.09. The predicted molar refractivity (Wildman–Crippen MR) is 131 cm³/mol. The van der Waals surface area contributed by atoms with Gasteiger partial charge in [-0.25, -0.2) is 0 Å². The Bertz CT molecular complexity index is 1430. The van der Waals surface area contributed by atoms with E-state index in [0.29, 0.717) is 35.2 Å². The Morgan fingerprint density at radius 2 is 1.66 bits per heavy atom. The maximum Gasteiger partial charge on any atom is 0.300 e. The SMILES string of the molecule is COc1cc(NC(=O)CCc2nnc3c(=O)n(-c4ccc(C)c(C)c4)ccn23)cc(OC)c1OC. The molecular formula is C25H27N5O5. The minimum absolute atomic E-state index is 0.137. The van der Waals surface area contributed by atoms with Gasteiger partial charge in [-0.1, -0.05) is 6.07 Å². The minimum Gasteiger partial charge on any atom is -0.493 e. The first-order valence-corrected chi connectivity index (χ1v) is 11.0. The molecule has 0 aliphatic heterocycles. The van der Waals surface area contributed by atoms with E-state index in [1.807, 2.05) is 32.0 Å². The van der Waals surface area contributed by atoms with Crippen molar-refractivity contribution in [3.8, 4) is 22.9 Å². The van der Waals surface area contributed by atoms with Crippen LogP contribution in [0.25, 0.3) is 11.3 Å². The number of amides is 1. The summed E-state index contributed by atoms with van der Waals surface area (Å²) in [6.07, 6.45) is 3.85. The van der Waals surface area contributed by atoms with Gasteiger partial charge in [0.1, 0.15) is 5.82 Å². The molecule has 1 amide bonds. The lowest BCUT2D eigenvalue weighted by Gasteiger charge is -2.14. The fourth-order valence-electron chi connectivity index (χ4n) is 3.79. The highest BCUT2D eigenvalue weighted by Crippen LogP contribution is 2.39. The molecule has 0 saturated carbocycles. The number of anilines is 1. The number of aryl methyl sites for hydroxylation is 3. The van der Waals surface area contributed by atoms with Crippen LogP contribution in [0.1, 0.15) is 23.4 Å². The van der Waals surface area contributed by atoms with Crippen molar-refractivity contribution in [2.45, 2.75) is 26.7 Å². The molecule has 0 spiro atoms. The van der Waals surface area contributed by atoms with Crippen molar-refractivity contribution in [3.63, 3.8) is 0 Å². The van der Waals surface area contributed by atoms with Gasteiger partial charge in [-0.15, -0.1) is 10.2 Å². The molecule has 10 nitrogen and oxygen atoms in total. The fraction of sp³-hybridized carbons (Fsp3) is 0.280. The summed E-state index contributed by atoms with van der Waals surface area (Å²) >= 11 is 0. The standard InChI is InChI=1S/C25H27N5O5/c1-15-6-7-18(12-16(15)2)29-10-11-30-21(27-28-24(30)25(29)32)8-9-22(31)26-17-13-19(33-3)23(35-5)20(14-17)34-4/h6-7,10-14H,8-9H2,1-5H3,(H,26,31). The van der Waals surface area contributed by atoms with Crippen LogP contribution in [0.3, 0.4) is 0 Å². The van der Waals surface area contributed by atoms with Gasteiger partial charge in [0.15, 0.2) is 11.5 Å². The summed E-state index contributed by atoms with van der Waals surface area (Å²) in [5.41, 5.74) is 3.43. The van der Waals surface area contributed by atoms with Gasteiger partial charge in [-0.3, -0.25) is 18.6 Å². The number of ether oxygens (including phenoxy) is 3. The molecule has 4 rings (SSSR count). The first-order chi connectivity index (χ1) is 16.9. The van der Waals surface area contributed by atoms with Gasteiger partial charge < -0.3 is 19.5 Å². The molecule has 2 aromatic carbocycles. The Balaban J connectivity index is 1.51. The number of fused-ring (bicyclic) bond motifs is 1. The highest BCUT2D eigenvalue weighted by molar-refractivity contribution is 5.91. The summed E-state index contributed by atoms with van der Waals surface area (Å²) in [7, 11) is 4.53. The van der Waals surface area contributed by atoms with E-state index in [1.54, 1.807) is 28.9 Å². The molecule has 2 aromatic heterocycles. The molecule has 0 radical (unpaired) electrons. The van der Waals surface area contributed by atoms with Crippen LogP contribution >= 0.6 is 0 Å². The van der Waals surface area contributed by atoms with Crippen LogP contribution in [-0.4, -0.2) is 46.4 Å². The molecule has 0 unspecified atom stereocenters. The van der Waals surface area contributed by atoms with E-state index in [-0.39, 0.29) is 23.5 Å². The van der Waals surface area contributed by atoms with E-state index in [1.165, 1.54) is 25.9 Å². The molecule has 0 aliphatic rings. The first kappa shape index (κ1) is 23.8. The maximum atomic E-state index is 13.0. The summed E-state index contributed by atoms with van der Waals surface area (Å²) in [6, 6.07) is 9.13. The lowest BCUT2D eigenvalue weighted by Crippen LogP contribution is -2.20. The average molecular weight is 478 g/mol. The number of nitrogens with zero attached hydrogens (tertiary/aromatic N) is 4. The molecule has 2 heterocycles. The van der Waals surface area contributed by atoms with Gasteiger partial charge in [-0.2, -0.15) is 0 Å². The summed E-state index contributed by atoms with van der Waals surface area (Å²) in [5, 5.41) is 11.0. The van der Waals surface area contributed by atoms with Gasteiger partial charge in [0.05, 0.1) is 21.3 Å². The minimum atomic E-state index is -0.281. The number of aromatic nitrogens is 4. The van der Waals surface area contributed by atoms with E-state index in [2.05, 4.69) is 15.5 Å². The van der Waals surface area contributed by atoms with Gasteiger partial charge in [0.2, 0.25) is 17.3 Å². The van der Waals surface area contributed by atoms with Crippen molar-refractivity contribution in [1.29, 1.82) is 0 Å². The monoisotopic (exact) mass is 477 g/mol. The normalized spacial score (nSPS) is 10.9. The fourth-order valence-corrected chi connectivity index (χ4v) is 3.79. The van der Waals surface area contributed by atoms with Crippen molar-refractivity contribution in [3.05, 3.63) is 70.0 Å². The number of methoxy groups -OCH3 is 3. The molecule has 10 heteroatoms. The molecule has 0 fully saturated rings. The lowest BCUT2D eigenvalue weighted by molar-refractivity contribution is -0.116. The number of carbonyl (C=O) groups is 1. The first-order valence-electron chi connectivity index (χ1n) is 11.0. The quantitative estimate of drug-likeness (QED) is 0.415. The van der Waals surface area contributed by atoms with Crippen LogP contribution in [0, 0.1) is 13.8 Å². The Labute approximate surface area is 202 Å². The maximum absolute atomic E-state index is 13.0. The zero-order valence-electron chi connectivity index (χ0n) is 20.3. The zero-order valence-corrected chi connectivity index (χ0v) is 20.3. The van der Waals surface area contributed by atoms with Gasteiger partial charge in [0.25, 0.3) is 0 Å². The lowest BCUT2D eigenvalue weighted by atomic mass is 10.1. The van der Waals surface area contributed by atoms with Crippen LogP contribution in [0.5, 0.6) is 17.2 Å². The number of hydrogen-bond acceptors (Lipinski definition) is 7. The topological polar surface area (TPSA) is 109 Å². The number of carbonyl (C=O) groups excluding carboxylic acids is 1. The number of nitrogens with one attached hydrogen (secondary N) is 1. The molecule has 4 aromatic rings. The van der Waals surface area contributed by atoms with Crippen molar-refractivity contribution in [1.82, 2.24) is 19.2 Å². The van der Waals surface area contributed by atoms with Crippen molar-refractivity contribution in [2.24, 2.45) is 0 Å². The highest BCUT2D eigenvalue weighted by Gasteiger charge is 2.16. The molecule has 35 heavy (non-hydrogen) atoms. The Hall–Kier alpha value is -4.34. The second-order valence-corrected chi connectivity index (χ2v) is 8.01. The third-order valence-electron chi connectivity index (χ3n) is 5.83. The van der Waals surface area contributed by atoms with E-state index < -0.39 is 0 Å². The third kappa shape index (κ3) is 4.68. The largest absolute Gasteiger partial charge is 0.493 e. The molecule has 0 saturated heterocycles. The van der Waals surface area contributed by atoms with Crippen LogP contribution < -0.4 is 25.1 Å². The van der Waals surface area contributed by atoms with E-state index in [4.69, 9.17) is 14.2 Å². The van der Waals surface area contributed by atoms with Crippen LogP contribution in [0.15, 0.2) is 47.5 Å². The van der Waals surface area contributed by atoms with E-state index in [9.17, 15) is 9.59 Å². The molecule has 0 atom stereocenters. The zero-order chi connectivity index (χ0) is 25.1. The molecule has 1 N–H and O–H groups in total. The van der Waals surface area contributed by atoms with Crippen LogP contribution in [-0.2, 0) is 11.2 Å². The van der Waals surface area contributed by atoms with Crippen LogP contribution in [0.4, 0.5) is 5.69 Å². The summed E-state index contributed by atoms with van der Waals surface area (Å²) < 4.78 is 19.1. The van der Waals surface area contributed by atoms with E-state index in [0.717, 1.165) is 16.8 Å². The Morgan fingerprint density at radius 3 is 2.29 bits per heavy atom. The Morgan fingerprint density at radius 1 is 0.943 bits per heavy atom. The number of rotatable bonds is 8. The number of hydrogen-bond donors (Lipinski definition) is 1. The number of benzene rings is 2. The van der Waals surface area contributed by atoms with Crippen molar-refractivity contribution in [2.75, 3.05) is 26.6 Å². The van der Waals surface area contributed by atoms with Gasteiger partial charge >= 0.3 is 5.56 Å². The second-order valence-electron chi connectivity index (χ2n) is 8.01. The smallest absolute Gasteiger partial charge is 0.300 e. The van der Waals surface area contributed by atoms with Crippen molar-refractivity contribution < 1.29 is 19.0 Å². The average Bonchev–Trinajstić information content (AvgIpc) is 3.28. The molecule has 0 aliphatic carbocycles. The van der Waals surface area contributed by atoms with Crippen LogP contribution in [0.2, 0.25) is 0 Å². The summed E-state index contributed by atoms with van der Waals surface area (Å²) in [4.78, 5) is 25.6.